The van der Waals surface area contributed by atoms with E-state index in [0.717, 1.165) is 10.5 Å². The van der Waals surface area contributed by atoms with Gasteiger partial charge in [-0.25, -0.2) is 0 Å². The molecule has 0 saturated heterocycles. The molecule has 16 heavy (non-hydrogen) atoms. The molecule has 1 rings (SSSR count). The second kappa shape index (κ2) is 6.21. The van der Waals surface area contributed by atoms with Crippen LogP contribution in [-0.4, -0.2) is 10.5 Å². The van der Waals surface area contributed by atoms with E-state index >= 15 is 0 Å². The zero-order valence-electron chi connectivity index (χ0n) is 11.0. The summed E-state index contributed by atoms with van der Waals surface area (Å²) in [7, 11) is 0.802. The lowest BCUT2D eigenvalue weighted by atomic mass is 9.72. The molecule has 0 fully saturated rings. The molecular formula is C14H24OSi. The summed E-state index contributed by atoms with van der Waals surface area (Å²) in [5.74, 6) is 0. The molecule has 0 heterocycles. The van der Waals surface area contributed by atoms with Crippen molar-refractivity contribution in [1.29, 1.82) is 0 Å². The molecular weight excluding hydrogens is 212 g/mol. The smallest absolute Gasteiger partial charge is 0.146 e. The zero-order chi connectivity index (χ0) is 12.0. The average molecular weight is 236 g/mol. The summed E-state index contributed by atoms with van der Waals surface area (Å²) in [6, 6.07) is 10.7. The highest BCUT2D eigenvalue weighted by Gasteiger charge is 2.34. The van der Waals surface area contributed by atoms with Gasteiger partial charge in [-0.1, -0.05) is 51.1 Å². The van der Waals surface area contributed by atoms with Crippen LogP contribution in [0.2, 0.25) is 0 Å². The van der Waals surface area contributed by atoms with Gasteiger partial charge in [0.05, 0.1) is 6.10 Å². The van der Waals surface area contributed by atoms with Crippen molar-refractivity contribution in [2.24, 2.45) is 5.41 Å². The Bertz CT molecular complexity index is 285. The summed E-state index contributed by atoms with van der Waals surface area (Å²) in [6.07, 6.45) is 3.83. The van der Waals surface area contributed by atoms with E-state index in [0.29, 0.717) is 5.41 Å². The summed E-state index contributed by atoms with van der Waals surface area (Å²) < 4.78 is 5.91. The molecule has 0 bridgehead atoms. The Kier molecular flexibility index (Phi) is 5.23. The van der Waals surface area contributed by atoms with Crippen LogP contribution in [0.5, 0.6) is 0 Å². The predicted octanol–water partition coefficient (Wildman–Crippen LogP) is 3.24. The maximum Gasteiger partial charge on any atom is 0.146 e. The Labute approximate surface area is 103 Å². The molecule has 0 amide bonds. The van der Waals surface area contributed by atoms with Gasteiger partial charge in [-0.15, -0.1) is 0 Å². The zero-order valence-corrected chi connectivity index (χ0v) is 13.0. The van der Waals surface area contributed by atoms with Crippen LogP contribution in [-0.2, 0) is 4.43 Å². The highest BCUT2D eigenvalue weighted by molar-refractivity contribution is 5.98. The number of hydrogen-bond donors (Lipinski definition) is 0. The fourth-order valence-electron chi connectivity index (χ4n) is 2.67. The molecule has 0 radical (unpaired) electrons. The monoisotopic (exact) mass is 236 g/mol. The Morgan fingerprint density at radius 1 is 1.06 bits per heavy atom. The van der Waals surface area contributed by atoms with Crippen LogP contribution in [0.3, 0.4) is 0 Å². The van der Waals surface area contributed by atoms with Gasteiger partial charge in [0.25, 0.3) is 0 Å². The summed E-state index contributed by atoms with van der Waals surface area (Å²) in [5.41, 5.74) is 1.64. The van der Waals surface area contributed by atoms with Gasteiger partial charge in [0.1, 0.15) is 10.5 Å². The van der Waals surface area contributed by atoms with Crippen molar-refractivity contribution in [3.8, 4) is 0 Å². The fourth-order valence-corrected chi connectivity index (χ4v) is 3.45. The van der Waals surface area contributed by atoms with Crippen LogP contribution >= 0.6 is 0 Å². The van der Waals surface area contributed by atoms with Crippen LogP contribution in [0.25, 0.3) is 0 Å². The van der Waals surface area contributed by atoms with Crippen molar-refractivity contribution in [1.82, 2.24) is 0 Å². The normalized spacial score (nSPS) is 13.9. The van der Waals surface area contributed by atoms with E-state index in [4.69, 9.17) is 4.43 Å². The SMILES string of the molecule is CCC(CC)(CC)C(O[SiH3])c1ccccc1. The van der Waals surface area contributed by atoms with E-state index < -0.39 is 0 Å². The molecule has 2 heteroatoms. The van der Waals surface area contributed by atoms with Crippen molar-refractivity contribution in [2.75, 3.05) is 0 Å². The minimum Gasteiger partial charge on any atom is -0.420 e. The number of benzene rings is 1. The van der Waals surface area contributed by atoms with Crippen LogP contribution in [0.4, 0.5) is 0 Å². The predicted molar refractivity (Wildman–Crippen MR) is 73.5 cm³/mol. The minimum absolute atomic E-state index is 0.278. The quantitative estimate of drug-likeness (QED) is 0.689. The van der Waals surface area contributed by atoms with Gasteiger partial charge in [0, 0.05) is 0 Å². The summed E-state index contributed by atoms with van der Waals surface area (Å²) >= 11 is 0. The van der Waals surface area contributed by atoms with E-state index in [1.807, 2.05) is 0 Å². The van der Waals surface area contributed by atoms with E-state index in [-0.39, 0.29) is 6.10 Å². The van der Waals surface area contributed by atoms with Crippen molar-refractivity contribution >= 4 is 10.5 Å². The average Bonchev–Trinajstić information content (AvgIpc) is 2.37. The molecule has 0 aliphatic heterocycles. The highest BCUT2D eigenvalue weighted by atomic mass is 28.2. The lowest BCUT2D eigenvalue weighted by Crippen LogP contribution is -2.28. The largest absolute Gasteiger partial charge is 0.420 e. The molecule has 0 spiro atoms. The van der Waals surface area contributed by atoms with Gasteiger partial charge in [-0.05, 0) is 30.2 Å². The molecule has 0 aliphatic rings. The van der Waals surface area contributed by atoms with Crippen molar-refractivity contribution in [3.05, 3.63) is 35.9 Å². The molecule has 1 atom stereocenters. The van der Waals surface area contributed by atoms with Crippen LogP contribution < -0.4 is 0 Å². The molecule has 0 saturated carbocycles. The fraction of sp³-hybridized carbons (Fsp3) is 0.571. The number of rotatable bonds is 6. The van der Waals surface area contributed by atoms with Gasteiger partial charge < -0.3 is 4.43 Å². The van der Waals surface area contributed by atoms with Gasteiger partial charge in [0.2, 0.25) is 0 Å². The molecule has 90 valence electrons. The van der Waals surface area contributed by atoms with E-state index in [2.05, 4.69) is 51.1 Å². The molecule has 1 aromatic rings. The van der Waals surface area contributed by atoms with Crippen molar-refractivity contribution < 1.29 is 4.43 Å². The molecule has 1 unspecified atom stereocenters. The van der Waals surface area contributed by atoms with Crippen molar-refractivity contribution in [2.45, 2.75) is 46.1 Å². The maximum absolute atomic E-state index is 5.91. The maximum atomic E-state index is 5.91. The Hall–Kier alpha value is -0.603. The van der Waals surface area contributed by atoms with E-state index in [1.54, 1.807) is 0 Å². The van der Waals surface area contributed by atoms with Gasteiger partial charge in [-0.3, -0.25) is 0 Å². The molecule has 0 aliphatic carbocycles. The van der Waals surface area contributed by atoms with E-state index in [9.17, 15) is 0 Å². The first-order valence-corrected chi connectivity index (χ1v) is 7.13. The second-order valence-electron chi connectivity index (χ2n) is 4.45. The van der Waals surface area contributed by atoms with E-state index in [1.165, 1.54) is 24.8 Å². The third kappa shape index (κ3) is 2.55. The first-order valence-electron chi connectivity index (χ1n) is 6.31. The van der Waals surface area contributed by atoms with Gasteiger partial charge >= 0.3 is 0 Å². The third-order valence-electron chi connectivity index (χ3n) is 4.01. The van der Waals surface area contributed by atoms with Gasteiger partial charge in [-0.2, -0.15) is 0 Å². The first kappa shape index (κ1) is 13.5. The molecule has 0 aromatic heterocycles. The Morgan fingerprint density at radius 2 is 1.56 bits per heavy atom. The molecule has 1 nitrogen and oxygen atoms in total. The van der Waals surface area contributed by atoms with Crippen LogP contribution in [0.15, 0.2) is 30.3 Å². The lowest BCUT2D eigenvalue weighted by Gasteiger charge is -2.39. The third-order valence-corrected chi connectivity index (χ3v) is 4.48. The standard InChI is InChI=1S/C14H24OSi/c1-4-14(5-2,6-3)13(15-16)12-10-8-7-9-11-12/h7-11,13H,4-6H2,1-3,16H3. The highest BCUT2D eigenvalue weighted by Crippen LogP contribution is 2.44. The number of hydrogen-bond acceptors (Lipinski definition) is 1. The minimum atomic E-state index is 0.278. The van der Waals surface area contributed by atoms with Gasteiger partial charge in [0.15, 0.2) is 0 Å². The van der Waals surface area contributed by atoms with Crippen LogP contribution in [0, 0.1) is 5.41 Å². The molecule has 1 aromatic carbocycles. The topological polar surface area (TPSA) is 9.23 Å². The van der Waals surface area contributed by atoms with Crippen LogP contribution in [0.1, 0.15) is 51.7 Å². The second-order valence-corrected chi connectivity index (χ2v) is 4.92. The summed E-state index contributed by atoms with van der Waals surface area (Å²) in [6.45, 7) is 6.84. The summed E-state index contributed by atoms with van der Waals surface area (Å²) in [5, 5.41) is 0. The Morgan fingerprint density at radius 3 is 1.94 bits per heavy atom. The summed E-state index contributed by atoms with van der Waals surface area (Å²) in [4.78, 5) is 0. The lowest BCUT2D eigenvalue weighted by molar-refractivity contribution is 0.0396. The first-order chi connectivity index (χ1) is 7.74. The Balaban J connectivity index is 3.05. The van der Waals surface area contributed by atoms with Crippen molar-refractivity contribution in [3.63, 3.8) is 0 Å². The molecule has 0 N–H and O–H groups in total.